The molecule has 1 atom stereocenters. The van der Waals surface area contributed by atoms with Crippen LogP contribution in [0.1, 0.15) is 93.2 Å². The van der Waals surface area contributed by atoms with Gasteiger partial charge in [0.2, 0.25) is 0 Å². The lowest BCUT2D eigenvalue weighted by Crippen LogP contribution is -2.30. The van der Waals surface area contributed by atoms with Crippen LogP contribution in [0.4, 0.5) is 0 Å². The highest BCUT2D eigenvalue weighted by Gasteiger charge is 2.35. The topological polar surface area (TPSA) is 61.2 Å². The molecule has 0 spiro atoms. The summed E-state index contributed by atoms with van der Waals surface area (Å²) in [6, 6.07) is 8.06. The average Bonchev–Trinajstić information content (AvgIpc) is 3.34. The van der Waals surface area contributed by atoms with E-state index in [0.29, 0.717) is 24.0 Å². The molecule has 6 heteroatoms. The van der Waals surface area contributed by atoms with E-state index in [2.05, 4.69) is 4.98 Å². The first-order valence-electron chi connectivity index (χ1n) is 11.4. The van der Waals surface area contributed by atoms with Gasteiger partial charge in [-0.05, 0) is 63.2 Å². The largest absolute Gasteiger partial charge is 0.459 e. The van der Waals surface area contributed by atoms with Crippen molar-refractivity contribution in [2.75, 3.05) is 0 Å². The Morgan fingerprint density at radius 1 is 1.25 bits per heavy atom. The van der Waals surface area contributed by atoms with E-state index in [9.17, 15) is 9.59 Å². The summed E-state index contributed by atoms with van der Waals surface area (Å²) in [6.45, 7) is 8.23. The molecule has 1 unspecified atom stereocenters. The normalized spacial score (nSPS) is 15.9. The summed E-state index contributed by atoms with van der Waals surface area (Å²) < 4.78 is 7.58. The van der Waals surface area contributed by atoms with Crippen molar-refractivity contribution >= 4 is 29.9 Å². The molecule has 0 radical (unpaired) electrons. The van der Waals surface area contributed by atoms with Crippen molar-refractivity contribution in [2.24, 2.45) is 5.92 Å². The number of hydrogen-bond donors (Lipinski definition) is 0. The van der Waals surface area contributed by atoms with Gasteiger partial charge in [0, 0.05) is 6.54 Å². The zero-order valence-electron chi connectivity index (χ0n) is 19.4. The minimum Gasteiger partial charge on any atom is -0.459 e. The van der Waals surface area contributed by atoms with Crippen LogP contribution in [0.3, 0.4) is 0 Å². The Bertz CT molecular complexity index is 964. The van der Waals surface area contributed by atoms with Gasteiger partial charge in [0.15, 0.2) is 11.4 Å². The van der Waals surface area contributed by atoms with Gasteiger partial charge in [0.1, 0.15) is 17.1 Å². The number of carbonyl (C=O) groups excluding carboxylic acids is 2. The number of allylic oxidation sites excluding steroid dienone is 1. The number of aldehydes is 1. The Kier molecular flexibility index (Phi) is 7.94. The first-order chi connectivity index (χ1) is 15.2. The molecule has 1 aromatic heterocycles. The van der Waals surface area contributed by atoms with E-state index >= 15 is 0 Å². The Morgan fingerprint density at radius 3 is 2.47 bits per heavy atom. The third-order valence-electron chi connectivity index (χ3n) is 5.82. The van der Waals surface area contributed by atoms with E-state index in [4.69, 9.17) is 16.3 Å². The second kappa shape index (κ2) is 10.5. The number of halogens is 1. The number of aromatic nitrogens is 2. The molecule has 1 fully saturated rings. The number of nitrogens with zero attached hydrogens (tertiary/aromatic N) is 2. The molecule has 0 N–H and O–H groups in total. The van der Waals surface area contributed by atoms with Crippen LogP contribution in [0.15, 0.2) is 30.3 Å². The quantitative estimate of drug-likeness (QED) is 0.339. The van der Waals surface area contributed by atoms with E-state index in [1.54, 1.807) is 0 Å². The number of imidazole rings is 1. The first kappa shape index (κ1) is 24.2. The summed E-state index contributed by atoms with van der Waals surface area (Å²) in [6.07, 6.45) is 9.89. The molecular weight excluding hydrogens is 424 g/mol. The molecule has 0 amide bonds. The molecule has 5 nitrogen and oxygen atoms in total. The lowest BCUT2D eigenvalue weighted by molar-refractivity contribution is -0.158. The van der Waals surface area contributed by atoms with Crippen molar-refractivity contribution in [3.05, 3.63) is 58.1 Å². The summed E-state index contributed by atoms with van der Waals surface area (Å²) >= 11 is 6.17. The van der Waals surface area contributed by atoms with Crippen LogP contribution in [0.25, 0.3) is 6.08 Å². The lowest BCUT2D eigenvalue weighted by atomic mass is 9.84. The predicted octanol–water partition coefficient (Wildman–Crippen LogP) is 6.44. The van der Waals surface area contributed by atoms with Crippen molar-refractivity contribution in [2.45, 2.75) is 77.9 Å². The third kappa shape index (κ3) is 5.89. The van der Waals surface area contributed by atoms with Gasteiger partial charge in [-0.25, -0.2) is 4.98 Å². The van der Waals surface area contributed by atoms with E-state index in [0.717, 1.165) is 49.5 Å². The number of hydrogen-bond acceptors (Lipinski definition) is 4. The molecule has 3 rings (SSSR count). The van der Waals surface area contributed by atoms with Crippen LogP contribution in [0.5, 0.6) is 0 Å². The summed E-state index contributed by atoms with van der Waals surface area (Å²) in [5, 5.41) is 0.207. The van der Waals surface area contributed by atoms with Crippen molar-refractivity contribution in [1.82, 2.24) is 9.55 Å². The molecule has 0 aliphatic heterocycles. The number of ether oxygens (including phenoxy) is 1. The fraction of sp³-hybridized carbons (Fsp3) is 0.500. The molecule has 1 aromatic carbocycles. The third-order valence-corrected chi connectivity index (χ3v) is 6.10. The monoisotopic (exact) mass is 456 g/mol. The van der Waals surface area contributed by atoms with E-state index in [-0.39, 0.29) is 17.0 Å². The van der Waals surface area contributed by atoms with E-state index in [1.807, 2.05) is 68.7 Å². The molecule has 2 aromatic rings. The molecule has 0 saturated heterocycles. The highest BCUT2D eigenvalue weighted by molar-refractivity contribution is 6.31. The maximum Gasteiger partial charge on any atom is 0.314 e. The predicted molar refractivity (Wildman–Crippen MR) is 128 cm³/mol. The second-order valence-electron chi connectivity index (χ2n) is 9.46. The molecule has 1 aliphatic rings. The molecule has 172 valence electrons. The second-order valence-corrected chi connectivity index (χ2v) is 9.82. The van der Waals surface area contributed by atoms with E-state index < -0.39 is 5.60 Å². The Morgan fingerprint density at radius 2 is 1.91 bits per heavy atom. The average molecular weight is 457 g/mol. The van der Waals surface area contributed by atoms with Gasteiger partial charge in [-0.1, -0.05) is 61.7 Å². The standard InChI is InChI=1S/C26H33ClN2O3/c1-5-6-11-22-28-24(27)21(17-30)29(22)16-18-12-14-20(15-13-18)23(19-9-7-8-10-19)25(31)32-26(2,3)4/h6,11-15,17,19,23H,5,7-10,16H2,1-4H3. The van der Waals surface area contributed by atoms with Crippen molar-refractivity contribution in [3.63, 3.8) is 0 Å². The fourth-order valence-corrected chi connectivity index (χ4v) is 4.58. The van der Waals surface area contributed by atoms with Crippen LogP contribution >= 0.6 is 11.6 Å². The van der Waals surface area contributed by atoms with Crippen LogP contribution in [0.2, 0.25) is 5.15 Å². The van der Waals surface area contributed by atoms with Crippen molar-refractivity contribution < 1.29 is 14.3 Å². The molecule has 0 bridgehead atoms. The van der Waals surface area contributed by atoms with Crippen LogP contribution in [-0.2, 0) is 16.1 Å². The molecule has 1 aliphatic carbocycles. The molecular formula is C26H33ClN2O3. The number of carbonyl (C=O) groups is 2. The van der Waals surface area contributed by atoms with Gasteiger partial charge in [-0.2, -0.15) is 0 Å². The van der Waals surface area contributed by atoms with Gasteiger partial charge in [-0.3, -0.25) is 9.59 Å². The zero-order chi connectivity index (χ0) is 23.3. The van der Waals surface area contributed by atoms with Crippen molar-refractivity contribution in [3.8, 4) is 0 Å². The van der Waals surface area contributed by atoms with Gasteiger partial charge in [0.25, 0.3) is 0 Å². The smallest absolute Gasteiger partial charge is 0.314 e. The minimum absolute atomic E-state index is 0.145. The maximum absolute atomic E-state index is 13.1. The van der Waals surface area contributed by atoms with Gasteiger partial charge >= 0.3 is 5.97 Å². The first-order valence-corrected chi connectivity index (χ1v) is 11.8. The molecule has 1 saturated carbocycles. The number of esters is 1. The van der Waals surface area contributed by atoms with Crippen molar-refractivity contribution in [1.29, 1.82) is 0 Å². The summed E-state index contributed by atoms with van der Waals surface area (Å²) in [4.78, 5) is 29.0. The molecule has 1 heterocycles. The Balaban J connectivity index is 1.87. The summed E-state index contributed by atoms with van der Waals surface area (Å²) in [5.74, 6) is 0.576. The lowest BCUT2D eigenvalue weighted by Gasteiger charge is -2.27. The fourth-order valence-electron chi connectivity index (χ4n) is 4.35. The molecule has 32 heavy (non-hydrogen) atoms. The van der Waals surface area contributed by atoms with Gasteiger partial charge in [-0.15, -0.1) is 0 Å². The van der Waals surface area contributed by atoms with Crippen LogP contribution in [0, 0.1) is 5.92 Å². The Labute approximate surface area is 195 Å². The summed E-state index contributed by atoms with van der Waals surface area (Å²) in [5.41, 5.74) is 1.85. The van der Waals surface area contributed by atoms with Gasteiger partial charge in [0.05, 0.1) is 5.92 Å². The maximum atomic E-state index is 13.1. The van der Waals surface area contributed by atoms with Crippen LogP contribution in [-0.4, -0.2) is 27.4 Å². The summed E-state index contributed by atoms with van der Waals surface area (Å²) in [7, 11) is 0. The van der Waals surface area contributed by atoms with Gasteiger partial charge < -0.3 is 9.30 Å². The number of benzene rings is 1. The Hall–Kier alpha value is -2.40. The highest BCUT2D eigenvalue weighted by Crippen LogP contribution is 2.39. The van der Waals surface area contributed by atoms with E-state index in [1.165, 1.54) is 0 Å². The zero-order valence-corrected chi connectivity index (χ0v) is 20.2. The highest BCUT2D eigenvalue weighted by atomic mass is 35.5. The van der Waals surface area contributed by atoms with Crippen LogP contribution < -0.4 is 0 Å². The SMILES string of the molecule is CCC=Cc1nc(Cl)c(C=O)n1Cc1ccc(C(C(=O)OC(C)(C)C)C2CCCC2)cc1. The number of rotatable bonds is 8. The minimum atomic E-state index is -0.512.